The van der Waals surface area contributed by atoms with Crippen LogP contribution in [0.25, 0.3) is 0 Å². The maximum Gasteiger partial charge on any atom is 0.490 e. The summed E-state index contributed by atoms with van der Waals surface area (Å²) in [7, 11) is 0. The summed E-state index contributed by atoms with van der Waals surface area (Å²) in [4.78, 5) is 8.90. The topological polar surface area (TPSA) is 61.1 Å². The molecule has 0 aliphatic carbocycles. The summed E-state index contributed by atoms with van der Waals surface area (Å²) in [5.74, 6) is -7.09. The third kappa shape index (κ3) is 4.32. The predicted octanol–water partition coefficient (Wildman–Crippen LogP) is 2.61. The van der Waals surface area contributed by atoms with Gasteiger partial charge in [0.15, 0.2) is 17.5 Å². The van der Waals surface area contributed by atoms with Crippen molar-refractivity contribution >= 4 is 5.97 Å². The first kappa shape index (κ1) is 15.8. The van der Waals surface area contributed by atoms with E-state index >= 15 is 0 Å². The quantitative estimate of drug-likeness (QED) is 0.582. The Morgan fingerprint density at radius 3 is 1.94 bits per heavy atom. The zero-order valence-electron chi connectivity index (χ0n) is 8.23. The number of nitriles is 1. The summed E-state index contributed by atoms with van der Waals surface area (Å²) in [5.41, 5.74) is -0.496. The van der Waals surface area contributed by atoms with Crippen LogP contribution in [0, 0.1) is 28.8 Å². The van der Waals surface area contributed by atoms with Crippen LogP contribution in [-0.4, -0.2) is 17.3 Å². The lowest BCUT2D eigenvalue weighted by Crippen LogP contribution is -2.21. The minimum atomic E-state index is -5.08. The van der Waals surface area contributed by atoms with E-state index < -0.39 is 35.2 Å². The lowest BCUT2D eigenvalue weighted by atomic mass is 10.2. The van der Waals surface area contributed by atoms with E-state index in [1.54, 1.807) is 0 Å². The molecule has 0 atom stereocenters. The van der Waals surface area contributed by atoms with Crippen LogP contribution in [0.2, 0.25) is 0 Å². The fraction of sp³-hybridized carbons (Fsp3) is 0.111. The minimum Gasteiger partial charge on any atom is -0.475 e. The van der Waals surface area contributed by atoms with Gasteiger partial charge in [-0.05, 0) is 12.1 Å². The van der Waals surface area contributed by atoms with Gasteiger partial charge < -0.3 is 5.11 Å². The maximum absolute atomic E-state index is 12.4. The van der Waals surface area contributed by atoms with Crippen molar-refractivity contribution in [3.63, 3.8) is 0 Å². The van der Waals surface area contributed by atoms with Crippen molar-refractivity contribution in [2.24, 2.45) is 0 Å². The van der Waals surface area contributed by atoms with Crippen LogP contribution in [-0.2, 0) is 4.79 Å². The molecule has 0 aromatic heterocycles. The second kappa shape index (κ2) is 5.90. The molecule has 0 aliphatic heterocycles. The van der Waals surface area contributed by atoms with Crippen LogP contribution in [0.15, 0.2) is 12.1 Å². The number of hydrogen-bond acceptors (Lipinski definition) is 2. The molecule has 1 N–H and O–H groups in total. The van der Waals surface area contributed by atoms with Gasteiger partial charge >= 0.3 is 12.1 Å². The van der Waals surface area contributed by atoms with Crippen LogP contribution in [0.4, 0.5) is 26.3 Å². The van der Waals surface area contributed by atoms with Gasteiger partial charge in [-0.2, -0.15) is 18.4 Å². The van der Waals surface area contributed by atoms with Crippen molar-refractivity contribution in [3.05, 3.63) is 35.1 Å². The smallest absolute Gasteiger partial charge is 0.475 e. The first-order valence-corrected chi connectivity index (χ1v) is 3.95. The Bertz CT molecular complexity index is 491. The highest BCUT2D eigenvalue weighted by Crippen LogP contribution is 2.14. The minimum absolute atomic E-state index is 0.496. The lowest BCUT2D eigenvalue weighted by molar-refractivity contribution is -0.192. The molecule has 0 aliphatic rings. The third-order valence-electron chi connectivity index (χ3n) is 1.40. The molecule has 1 aromatic rings. The Kier molecular flexibility index (Phi) is 5.17. The van der Waals surface area contributed by atoms with Crippen molar-refractivity contribution < 1.29 is 36.2 Å². The number of alkyl halides is 3. The van der Waals surface area contributed by atoms with Crippen LogP contribution in [0.1, 0.15) is 5.56 Å². The Hall–Kier alpha value is -2.24. The van der Waals surface area contributed by atoms with E-state index in [-0.39, 0.29) is 0 Å². The lowest BCUT2D eigenvalue weighted by Gasteiger charge is -1.94. The molecule has 0 saturated heterocycles. The first-order chi connectivity index (χ1) is 8.11. The Labute approximate surface area is 95.9 Å². The van der Waals surface area contributed by atoms with Crippen LogP contribution in [0.5, 0.6) is 0 Å². The second-order valence-corrected chi connectivity index (χ2v) is 2.64. The molecular weight excluding hydrogens is 268 g/mol. The highest BCUT2D eigenvalue weighted by molar-refractivity contribution is 5.73. The molecular formula is C9H3F6NO2. The summed E-state index contributed by atoms with van der Waals surface area (Å²) in [5, 5.41) is 15.3. The van der Waals surface area contributed by atoms with Crippen molar-refractivity contribution in [3.8, 4) is 6.07 Å². The number of halogens is 6. The van der Waals surface area contributed by atoms with E-state index in [0.29, 0.717) is 6.07 Å². The number of aliphatic carboxylic acids is 1. The molecule has 0 heterocycles. The van der Waals surface area contributed by atoms with Crippen molar-refractivity contribution in [1.29, 1.82) is 5.26 Å². The number of rotatable bonds is 0. The van der Waals surface area contributed by atoms with E-state index in [1.807, 2.05) is 0 Å². The second-order valence-electron chi connectivity index (χ2n) is 2.64. The SMILES string of the molecule is N#Cc1ccc(F)c(F)c1F.O=C(O)C(F)(F)F. The highest BCUT2D eigenvalue weighted by Gasteiger charge is 2.38. The molecule has 0 fully saturated rings. The monoisotopic (exact) mass is 271 g/mol. The van der Waals surface area contributed by atoms with Gasteiger partial charge in [-0.3, -0.25) is 0 Å². The average Bonchev–Trinajstić information content (AvgIpc) is 2.26. The molecule has 0 radical (unpaired) electrons. The molecule has 0 spiro atoms. The molecule has 98 valence electrons. The first-order valence-electron chi connectivity index (χ1n) is 3.95. The number of nitrogens with zero attached hydrogens (tertiary/aromatic N) is 1. The van der Waals surface area contributed by atoms with Crippen molar-refractivity contribution in [1.82, 2.24) is 0 Å². The van der Waals surface area contributed by atoms with E-state index in [9.17, 15) is 26.3 Å². The number of carbonyl (C=O) groups is 1. The number of benzene rings is 1. The van der Waals surface area contributed by atoms with Crippen molar-refractivity contribution in [2.75, 3.05) is 0 Å². The summed E-state index contributed by atoms with van der Waals surface area (Å²) in [6, 6.07) is 2.97. The zero-order chi connectivity index (χ0) is 14.5. The van der Waals surface area contributed by atoms with E-state index in [0.717, 1.165) is 6.07 Å². The Morgan fingerprint density at radius 2 is 1.61 bits per heavy atom. The summed E-state index contributed by atoms with van der Waals surface area (Å²) < 4.78 is 68.6. The molecule has 0 saturated carbocycles. The predicted molar refractivity (Wildman–Crippen MR) is 44.7 cm³/mol. The largest absolute Gasteiger partial charge is 0.490 e. The van der Waals surface area contributed by atoms with Gasteiger partial charge in [0.05, 0.1) is 5.56 Å². The average molecular weight is 271 g/mol. The van der Waals surface area contributed by atoms with Gasteiger partial charge in [-0.25, -0.2) is 18.0 Å². The molecule has 18 heavy (non-hydrogen) atoms. The summed E-state index contributed by atoms with van der Waals surface area (Å²) >= 11 is 0. The number of carboxylic acid groups (broad SMARTS) is 1. The van der Waals surface area contributed by atoms with Gasteiger partial charge in [0.25, 0.3) is 0 Å². The van der Waals surface area contributed by atoms with Gasteiger partial charge in [0.1, 0.15) is 6.07 Å². The number of carboxylic acids is 1. The third-order valence-corrected chi connectivity index (χ3v) is 1.40. The molecule has 0 unspecified atom stereocenters. The highest BCUT2D eigenvalue weighted by atomic mass is 19.4. The van der Waals surface area contributed by atoms with E-state index in [4.69, 9.17) is 15.2 Å². The molecule has 0 amide bonds. The fourth-order valence-corrected chi connectivity index (χ4v) is 0.612. The standard InChI is InChI=1S/C7H2F3N.C2HF3O2/c8-5-2-1-4(3-11)6(9)7(5)10;3-2(4,5)1(6)7/h1-2H;(H,6,7). The summed E-state index contributed by atoms with van der Waals surface area (Å²) in [6.45, 7) is 0. The Morgan fingerprint density at radius 1 is 1.17 bits per heavy atom. The Balaban J connectivity index is 0.000000360. The molecule has 1 rings (SSSR count). The molecule has 1 aromatic carbocycles. The van der Waals surface area contributed by atoms with Gasteiger partial charge in [-0.15, -0.1) is 0 Å². The van der Waals surface area contributed by atoms with Gasteiger partial charge in [0.2, 0.25) is 0 Å². The molecule has 9 heteroatoms. The normalized spacial score (nSPS) is 10.1. The molecule has 3 nitrogen and oxygen atoms in total. The summed E-state index contributed by atoms with van der Waals surface area (Å²) in [6.07, 6.45) is -5.08. The van der Waals surface area contributed by atoms with Crippen molar-refractivity contribution in [2.45, 2.75) is 6.18 Å². The van der Waals surface area contributed by atoms with Crippen LogP contribution in [0.3, 0.4) is 0 Å². The van der Waals surface area contributed by atoms with Crippen LogP contribution >= 0.6 is 0 Å². The maximum atomic E-state index is 12.4. The van der Waals surface area contributed by atoms with E-state index in [1.165, 1.54) is 6.07 Å². The van der Waals surface area contributed by atoms with Gasteiger partial charge in [0, 0.05) is 0 Å². The molecule has 0 bridgehead atoms. The van der Waals surface area contributed by atoms with E-state index in [2.05, 4.69) is 0 Å². The zero-order valence-corrected chi connectivity index (χ0v) is 8.23. The fourth-order valence-electron chi connectivity index (χ4n) is 0.612. The van der Waals surface area contributed by atoms with Crippen LogP contribution < -0.4 is 0 Å². The number of hydrogen-bond donors (Lipinski definition) is 1. The van der Waals surface area contributed by atoms with Gasteiger partial charge in [-0.1, -0.05) is 0 Å².